The van der Waals surface area contributed by atoms with Crippen molar-refractivity contribution >= 4 is 0 Å². The first-order valence-corrected chi connectivity index (χ1v) is 5.55. The second-order valence-electron chi connectivity index (χ2n) is 3.81. The van der Waals surface area contributed by atoms with E-state index in [1.807, 2.05) is 25.1 Å². The second kappa shape index (κ2) is 5.34. The summed E-state index contributed by atoms with van der Waals surface area (Å²) in [6.45, 7) is 1.96. The number of H-pyrrole nitrogens is 1. The molecule has 2 rings (SSSR count). The van der Waals surface area contributed by atoms with Crippen molar-refractivity contribution in [1.29, 1.82) is 0 Å². The molecule has 0 fully saturated rings. The monoisotopic (exact) mass is 243 g/mol. The van der Waals surface area contributed by atoms with E-state index < -0.39 is 0 Å². The lowest BCUT2D eigenvalue weighted by Crippen LogP contribution is -2.15. The number of aromatic nitrogens is 3. The van der Waals surface area contributed by atoms with Crippen molar-refractivity contribution in [3.63, 3.8) is 0 Å². The van der Waals surface area contributed by atoms with E-state index in [9.17, 15) is 4.79 Å². The number of aromatic amines is 1. The third-order valence-electron chi connectivity index (χ3n) is 2.49. The molecular formula is C13H13N3O2. The first kappa shape index (κ1) is 12.1. The van der Waals surface area contributed by atoms with E-state index >= 15 is 0 Å². The van der Waals surface area contributed by atoms with E-state index in [0.717, 1.165) is 16.8 Å². The molecule has 0 saturated heterocycles. The Labute approximate surface area is 104 Å². The lowest BCUT2D eigenvalue weighted by Gasteiger charge is -2.05. The molecule has 0 aliphatic rings. The molecule has 0 aliphatic carbocycles. The van der Waals surface area contributed by atoms with Crippen LogP contribution >= 0.6 is 0 Å². The van der Waals surface area contributed by atoms with Crippen molar-refractivity contribution in [1.82, 2.24) is 14.8 Å². The minimum absolute atomic E-state index is 0.0485. The van der Waals surface area contributed by atoms with Gasteiger partial charge in [0, 0.05) is 12.0 Å². The molecule has 1 heterocycles. The molecule has 2 N–H and O–H groups in total. The Kier molecular flexibility index (Phi) is 3.60. The molecule has 5 nitrogen and oxygen atoms in total. The fourth-order valence-electron chi connectivity index (χ4n) is 1.59. The lowest BCUT2D eigenvalue weighted by atomic mass is 10.1. The molecule has 0 saturated carbocycles. The molecule has 0 spiro atoms. The van der Waals surface area contributed by atoms with Crippen molar-refractivity contribution < 1.29 is 5.11 Å². The fraction of sp³-hybridized carbons (Fsp3) is 0.231. The summed E-state index contributed by atoms with van der Waals surface area (Å²) >= 11 is 0. The molecule has 1 aromatic carbocycles. The van der Waals surface area contributed by atoms with Crippen LogP contribution < -0.4 is 5.69 Å². The predicted octanol–water partition coefficient (Wildman–Crippen LogP) is 0.603. The van der Waals surface area contributed by atoms with Gasteiger partial charge in [-0.3, -0.25) is 0 Å². The average Bonchev–Trinajstić information content (AvgIpc) is 2.78. The second-order valence-corrected chi connectivity index (χ2v) is 3.81. The van der Waals surface area contributed by atoms with Crippen molar-refractivity contribution in [2.75, 3.05) is 6.61 Å². The smallest absolute Gasteiger partial charge is 0.347 e. The SMILES string of the molecule is Cc1ccc(C#CCCO)cc1-n1cn[nH]c1=O. The number of benzene rings is 1. The summed E-state index contributed by atoms with van der Waals surface area (Å²) in [5, 5.41) is 14.7. The van der Waals surface area contributed by atoms with Crippen LogP contribution in [0.3, 0.4) is 0 Å². The number of aliphatic hydroxyl groups is 1. The molecule has 0 atom stereocenters. The number of aryl methyl sites for hydroxylation is 1. The highest BCUT2D eigenvalue weighted by molar-refractivity contribution is 5.48. The summed E-state index contributed by atoms with van der Waals surface area (Å²) < 4.78 is 1.44. The van der Waals surface area contributed by atoms with Crippen LogP contribution in [0, 0.1) is 18.8 Å². The number of hydrogen-bond donors (Lipinski definition) is 2. The molecule has 1 aromatic heterocycles. The lowest BCUT2D eigenvalue weighted by molar-refractivity contribution is 0.305. The van der Waals surface area contributed by atoms with Crippen LogP contribution in [0.25, 0.3) is 5.69 Å². The van der Waals surface area contributed by atoms with Crippen LogP contribution in [0.4, 0.5) is 0 Å². The average molecular weight is 243 g/mol. The number of aliphatic hydroxyl groups excluding tert-OH is 1. The molecule has 0 bridgehead atoms. The third kappa shape index (κ3) is 2.50. The Balaban J connectivity index is 2.43. The molecule has 92 valence electrons. The number of rotatable bonds is 2. The standard InChI is InChI=1S/C13H13N3O2/c1-10-5-6-11(4-2-3-7-17)8-12(10)16-9-14-15-13(16)18/h5-6,8-9,17H,3,7H2,1H3,(H,15,18). The van der Waals surface area contributed by atoms with Crippen molar-refractivity contribution in [2.24, 2.45) is 0 Å². The zero-order valence-electron chi connectivity index (χ0n) is 9.97. The first-order valence-electron chi connectivity index (χ1n) is 5.55. The normalized spacial score (nSPS) is 9.89. The van der Waals surface area contributed by atoms with Gasteiger partial charge in [-0.15, -0.1) is 0 Å². The highest BCUT2D eigenvalue weighted by Crippen LogP contribution is 2.13. The third-order valence-corrected chi connectivity index (χ3v) is 2.49. The molecular weight excluding hydrogens is 230 g/mol. The van der Waals surface area contributed by atoms with E-state index in [-0.39, 0.29) is 12.3 Å². The van der Waals surface area contributed by atoms with Crippen LogP contribution in [0.15, 0.2) is 29.3 Å². The maximum Gasteiger partial charge on any atom is 0.347 e. The zero-order chi connectivity index (χ0) is 13.0. The topological polar surface area (TPSA) is 70.9 Å². The Bertz CT molecular complexity index is 659. The van der Waals surface area contributed by atoms with Gasteiger partial charge in [-0.05, 0) is 24.6 Å². The minimum atomic E-state index is -0.279. The van der Waals surface area contributed by atoms with Gasteiger partial charge in [0.15, 0.2) is 0 Å². The fourth-order valence-corrected chi connectivity index (χ4v) is 1.59. The van der Waals surface area contributed by atoms with Crippen molar-refractivity contribution in [3.8, 4) is 17.5 Å². The summed E-state index contributed by atoms with van der Waals surface area (Å²) in [6, 6.07) is 5.61. The van der Waals surface area contributed by atoms with Gasteiger partial charge in [0.05, 0.1) is 12.3 Å². The van der Waals surface area contributed by atoms with Gasteiger partial charge in [-0.1, -0.05) is 17.9 Å². The summed E-state index contributed by atoms with van der Waals surface area (Å²) in [7, 11) is 0. The highest BCUT2D eigenvalue weighted by Gasteiger charge is 2.04. The van der Waals surface area contributed by atoms with Gasteiger partial charge in [-0.2, -0.15) is 5.10 Å². The number of hydrogen-bond acceptors (Lipinski definition) is 3. The van der Waals surface area contributed by atoms with E-state index in [4.69, 9.17) is 5.11 Å². The molecule has 5 heteroatoms. The van der Waals surface area contributed by atoms with Gasteiger partial charge >= 0.3 is 5.69 Å². The van der Waals surface area contributed by atoms with E-state index in [1.54, 1.807) is 0 Å². The Hall–Kier alpha value is -2.32. The van der Waals surface area contributed by atoms with Crippen LogP contribution in [0.2, 0.25) is 0 Å². The van der Waals surface area contributed by atoms with E-state index in [1.165, 1.54) is 10.9 Å². The quantitative estimate of drug-likeness (QED) is 0.759. The zero-order valence-corrected chi connectivity index (χ0v) is 9.97. The summed E-state index contributed by atoms with van der Waals surface area (Å²) in [5.41, 5.74) is 2.24. The molecule has 18 heavy (non-hydrogen) atoms. The maximum atomic E-state index is 11.5. The summed E-state index contributed by atoms with van der Waals surface area (Å²) in [5.74, 6) is 5.79. The van der Waals surface area contributed by atoms with Crippen molar-refractivity contribution in [3.05, 3.63) is 46.1 Å². The van der Waals surface area contributed by atoms with Gasteiger partial charge in [0.2, 0.25) is 0 Å². The Morgan fingerprint density at radius 1 is 1.50 bits per heavy atom. The van der Waals surface area contributed by atoms with E-state index in [2.05, 4.69) is 22.0 Å². The Morgan fingerprint density at radius 3 is 3.00 bits per heavy atom. The van der Waals surface area contributed by atoms with Gasteiger partial charge < -0.3 is 5.11 Å². The van der Waals surface area contributed by atoms with E-state index in [0.29, 0.717) is 6.42 Å². The van der Waals surface area contributed by atoms with Gasteiger partial charge in [0.25, 0.3) is 0 Å². The maximum absolute atomic E-state index is 11.5. The largest absolute Gasteiger partial charge is 0.395 e. The highest BCUT2D eigenvalue weighted by atomic mass is 16.2. The summed E-state index contributed by atoms with van der Waals surface area (Å²) in [4.78, 5) is 11.5. The minimum Gasteiger partial charge on any atom is -0.395 e. The van der Waals surface area contributed by atoms with Gasteiger partial charge in [0.1, 0.15) is 6.33 Å². The first-order chi connectivity index (χ1) is 8.72. The van der Waals surface area contributed by atoms with Crippen LogP contribution in [-0.4, -0.2) is 26.5 Å². The number of nitrogens with zero attached hydrogens (tertiary/aromatic N) is 2. The van der Waals surface area contributed by atoms with Crippen LogP contribution in [0.1, 0.15) is 17.5 Å². The van der Waals surface area contributed by atoms with Crippen LogP contribution in [0.5, 0.6) is 0 Å². The Morgan fingerprint density at radius 2 is 2.33 bits per heavy atom. The molecule has 0 aliphatic heterocycles. The van der Waals surface area contributed by atoms with Crippen molar-refractivity contribution in [2.45, 2.75) is 13.3 Å². The summed E-state index contributed by atoms with van der Waals surface area (Å²) in [6.07, 6.45) is 1.88. The molecule has 2 aromatic rings. The molecule has 0 unspecified atom stereocenters. The van der Waals surface area contributed by atoms with Crippen LogP contribution in [-0.2, 0) is 0 Å². The molecule has 0 radical (unpaired) electrons. The van der Waals surface area contributed by atoms with Gasteiger partial charge in [-0.25, -0.2) is 14.5 Å². The predicted molar refractivity (Wildman–Crippen MR) is 67.5 cm³/mol. The number of nitrogens with one attached hydrogen (secondary N) is 1. The molecule has 0 amide bonds.